The molecular weight excluding hydrogens is 146 g/mol. The molecule has 0 saturated carbocycles. The first-order valence-electron chi connectivity index (χ1n) is 3.18. The van der Waals surface area contributed by atoms with Gasteiger partial charge in [-0.05, 0) is 11.5 Å². The van der Waals surface area contributed by atoms with E-state index in [1.165, 1.54) is 18.3 Å². The molecule has 0 unspecified atom stereocenters. The first-order chi connectivity index (χ1) is 5.24. The van der Waals surface area contributed by atoms with E-state index in [0.29, 0.717) is 5.46 Å². The Kier molecular flexibility index (Phi) is 2.30. The van der Waals surface area contributed by atoms with Crippen LogP contribution in [0.5, 0.6) is 0 Å². The molecule has 11 heavy (non-hydrogen) atoms. The van der Waals surface area contributed by atoms with Gasteiger partial charge in [-0.1, -0.05) is 12.9 Å². The Hall–Kier alpha value is -1.26. The third kappa shape index (κ3) is 1.83. The number of aromatic nitrogens is 1. The summed E-state index contributed by atoms with van der Waals surface area (Å²) in [6.45, 7) is 1.17. The maximum absolute atomic E-state index is 12.2. The molecular formula is C6H6BFN2O. The van der Waals surface area contributed by atoms with Gasteiger partial charge in [-0.3, -0.25) is 0 Å². The largest absolute Gasteiger partial charge is 0.368 e. The Morgan fingerprint density at radius 1 is 1.64 bits per heavy atom. The first kappa shape index (κ1) is 7.85. The minimum atomic E-state index is -0.549. The van der Waals surface area contributed by atoms with E-state index < -0.39 is 12.8 Å². The zero-order valence-corrected chi connectivity index (χ0v) is 5.99. The molecule has 1 aromatic heterocycles. The molecule has 0 aromatic carbocycles. The molecule has 0 aliphatic heterocycles. The van der Waals surface area contributed by atoms with Crippen molar-refractivity contribution in [2.45, 2.75) is 6.82 Å². The molecule has 5 heteroatoms. The Balaban J connectivity index is 2.89. The van der Waals surface area contributed by atoms with E-state index in [9.17, 15) is 9.30 Å². The van der Waals surface area contributed by atoms with E-state index >= 15 is 0 Å². The molecule has 0 saturated heterocycles. The van der Waals surface area contributed by atoms with Gasteiger partial charge in [-0.2, -0.15) is 9.30 Å². The predicted molar refractivity (Wildman–Crippen MR) is 41.2 cm³/mol. The van der Waals surface area contributed by atoms with Crippen molar-refractivity contribution in [2.75, 3.05) is 0 Å². The van der Waals surface area contributed by atoms with Crippen molar-refractivity contribution in [3.8, 4) is 0 Å². The smallest absolute Gasteiger partial charge is 0.229 e. The van der Waals surface area contributed by atoms with E-state index in [1.807, 2.05) is 0 Å². The topological polar surface area (TPSA) is 42.3 Å². The van der Waals surface area contributed by atoms with E-state index in [4.69, 9.17) is 0 Å². The number of nitroso groups, excluding NO2 is 1. The fraction of sp³-hybridized carbons (Fsp3) is 0.167. The zero-order valence-electron chi connectivity index (χ0n) is 5.99. The molecule has 1 heterocycles. The Morgan fingerprint density at radius 2 is 2.36 bits per heavy atom. The lowest BCUT2D eigenvalue weighted by molar-refractivity contribution is 0.584. The van der Waals surface area contributed by atoms with Crippen LogP contribution in [-0.2, 0) is 0 Å². The van der Waals surface area contributed by atoms with E-state index in [-0.39, 0.29) is 0 Å². The molecule has 0 atom stereocenters. The van der Waals surface area contributed by atoms with Gasteiger partial charge in [-0.25, -0.2) is 4.98 Å². The van der Waals surface area contributed by atoms with E-state index in [2.05, 4.69) is 10.1 Å². The summed E-state index contributed by atoms with van der Waals surface area (Å²) in [4.78, 5) is 13.4. The molecule has 0 bridgehead atoms. The van der Waals surface area contributed by atoms with Crippen LogP contribution in [0, 0.1) is 10.9 Å². The van der Waals surface area contributed by atoms with Crippen LogP contribution in [0.1, 0.15) is 0 Å². The highest BCUT2D eigenvalue weighted by atomic mass is 19.1. The summed E-state index contributed by atoms with van der Waals surface area (Å²) in [5.74, 6) is -0.549. The predicted octanol–water partition coefficient (Wildman–Crippen LogP) is 0.815. The minimum Gasteiger partial charge on any atom is -0.229 e. The molecule has 1 aromatic rings. The Bertz CT molecular complexity index is 251. The third-order valence-corrected chi connectivity index (χ3v) is 1.39. The standard InChI is InChI=1S/C6H6BFN2O/c1-7(10-11)5-2-3-6(8)9-4-5/h2-4H,1H3. The summed E-state index contributed by atoms with van der Waals surface area (Å²) >= 11 is 0. The Morgan fingerprint density at radius 3 is 2.82 bits per heavy atom. The number of hydrogen-bond acceptors (Lipinski definition) is 3. The summed E-state index contributed by atoms with van der Waals surface area (Å²) in [6, 6.07) is 2.70. The normalized spacial score (nSPS) is 9.27. The molecule has 56 valence electrons. The van der Waals surface area contributed by atoms with Gasteiger partial charge in [0.05, 0.1) is 0 Å². The van der Waals surface area contributed by atoms with Gasteiger partial charge >= 0.3 is 6.85 Å². The van der Waals surface area contributed by atoms with Gasteiger partial charge in [0.25, 0.3) is 0 Å². The van der Waals surface area contributed by atoms with Crippen molar-refractivity contribution in [1.82, 2.24) is 4.98 Å². The van der Waals surface area contributed by atoms with Gasteiger partial charge in [0.1, 0.15) is 0 Å². The number of rotatable bonds is 2. The highest BCUT2D eigenvalue weighted by Gasteiger charge is 2.10. The monoisotopic (exact) mass is 152 g/mol. The lowest BCUT2D eigenvalue weighted by atomic mass is 9.61. The maximum atomic E-state index is 12.2. The summed E-state index contributed by atoms with van der Waals surface area (Å²) < 4.78 is 12.2. The van der Waals surface area contributed by atoms with Crippen LogP contribution in [-0.4, -0.2) is 11.8 Å². The lowest BCUT2D eigenvalue weighted by Gasteiger charge is -1.95. The SMILES string of the molecule is CB(N=O)c1ccc(F)nc1. The van der Waals surface area contributed by atoms with Crippen LogP contribution in [0.15, 0.2) is 23.4 Å². The van der Waals surface area contributed by atoms with Crippen LogP contribution in [0.3, 0.4) is 0 Å². The molecule has 0 amide bonds. The number of hydrogen-bond donors (Lipinski definition) is 0. The average molecular weight is 152 g/mol. The summed E-state index contributed by atoms with van der Waals surface area (Å²) in [5, 5.41) is 2.78. The molecule has 0 aliphatic carbocycles. The molecule has 0 spiro atoms. The van der Waals surface area contributed by atoms with Crippen molar-refractivity contribution >= 4 is 12.3 Å². The van der Waals surface area contributed by atoms with Gasteiger partial charge in [0.2, 0.25) is 5.95 Å². The van der Waals surface area contributed by atoms with Crippen molar-refractivity contribution in [1.29, 1.82) is 0 Å². The van der Waals surface area contributed by atoms with E-state index in [0.717, 1.165) is 0 Å². The van der Waals surface area contributed by atoms with Gasteiger partial charge in [0, 0.05) is 6.20 Å². The highest BCUT2D eigenvalue weighted by Crippen LogP contribution is 1.90. The molecule has 3 nitrogen and oxygen atoms in total. The van der Waals surface area contributed by atoms with Crippen molar-refractivity contribution in [3.05, 3.63) is 29.2 Å². The second-order valence-electron chi connectivity index (χ2n) is 2.20. The number of pyridine rings is 1. The second-order valence-corrected chi connectivity index (χ2v) is 2.20. The number of nitrogens with zero attached hydrogens (tertiary/aromatic N) is 2. The minimum absolute atomic E-state index is 0.455. The highest BCUT2D eigenvalue weighted by molar-refractivity contribution is 6.70. The summed E-state index contributed by atoms with van der Waals surface area (Å²) in [7, 11) is 0. The lowest BCUT2D eigenvalue weighted by Crippen LogP contribution is -2.24. The molecule has 0 fully saturated rings. The molecule has 0 radical (unpaired) electrons. The van der Waals surface area contributed by atoms with E-state index in [1.54, 1.807) is 6.82 Å². The van der Waals surface area contributed by atoms with Gasteiger partial charge in [-0.15, -0.1) is 5.09 Å². The fourth-order valence-corrected chi connectivity index (χ4v) is 0.695. The maximum Gasteiger partial charge on any atom is 0.368 e. The zero-order chi connectivity index (χ0) is 8.27. The van der Waals surface area contributed by atoms with Gasteiger partial charge in [0.15, 0.2) is 0 Å². The molecule has 0 N–H and O–H groups in total. The number of halogens is 1. The van der Waals surface area contributed by atoms with Crippen LogP contribution in [0.2, 0.25) is 6.82 Å². The van der Waals surface area contributed by atoms with Crippen LogP contribution in [0.25, 0.3) is 0 Å². The second kappa shape index (κ2) is 3.23. The third-order valence-electron chi connectivity index (χ3n) is 1.39. The average Bonchev–Trinajstić information content (AvgIpc) is 2.05. The first-order valence-corrected chi connectivity index (χ1v) is 3.18. The summed E-state index contributed by atoms with van der Waals surface area (Å²) in [5.41, 5.74) is 0.626. The quantitative estimate of drug-likeness (QED) is 0.357. The molecule has 1 rings (SSSR count). The van der Waals surface area contributed by atoms with Crippen molar-refractivity contribution in [2.24, 2.45) is 5.09 Å². The molecule has 0 aliphatic rings. The summed E-state index contributed by atoms with van der Waals surface area (Å²) in [6.07, 6.45) is 1.31. The van der Waals surface area contributed by atoms with Crippen LogP contribution >= 0.6 is 0 Å². The van der Waals surface area contributed by atoms with Crippen LogP contribution < -0.4 is 5.46 Å². The van der Waals surface area contributed by atoms with Crippen LogP contribution in [0.4, 0.5) is 4.39 Å². The van der Waals surface area contributed by atoms with Gasteiger partial charge < -0.3 is 0 Å². The van der Waals surface area contributed by atoms with Crippen molar-refractivity contribution < 1.29 is 4.39 Å². The fourth-order valence-electron chi connectivity index (χ4n) is 0.695. The Labute approximate surface area is 63.7 Å². The van der Waals surface area contributed by atoms with Crippen molar-refractivity contribution in [3.63, 3.8) is 0 Å².